The molecule has 1 atom stereocenters. The summed E-state index contributed by atoms with van der Waals surface area (Å²) in [5.74, 6) is 0. The maximum Gasteiger partial charge on any atom is 0.0372 e. The van der Waals surface area contributed by atoms with Gasteiger partial charge in [0.1, 0.15) is 0 Å². The molecular weight excluding hydrogens is 136 g/mol. The predicted octanol–water partition coefficient (Wildman–Crippen LogP) is 1.42. The molecule has 0 aliphatic carbocycles. The van der Waals surface area contributed by atoms with Crippen molar-refractivity contribution in [1.82, 2.24) is 10.3 Å². The van der Waals surface area contributed by atoms with Crippen LogP contribution >= 0.6 is 0 Å². The molecule has 2 heteroatoms. The maximum absolute atomic E-state index is 4.24. The third-order valence-corrected chi connectivity index (χ3v) is 2.16. The van der Waals surface area contributed by atoms with Crippen molar-refractivity contribution in [3.63, 3.8) is 0 Å². The lowest BCUT2D eigenvalue weighted by molar-refractivity contribution is 0.382. The van der Waals surface area contributed by atoms with E-state index >= 15 is 0 Å². The molecule has 0 bridgehead atoms. The zero-order valence-corrected chi connectivity index (χ0v) is 6.67. The van der Waals surface area contributed by atoms with Crippen molar-refractivity contribution in [2.75, 3.05) is 6.54 Å². The third kappa shape index (κ3) is 1.26. The van der Waals surface area contributed by atoms with Gasteiger partial charge in [-0.05, 0) is 31.5 Å². The van der Waals surface area contributed by atoms with Gasteiger partial charge in [-0.3, -0.25) is 4.98 Å². The Kier molecular flexibility index (Phi) is 1.62. The fraction of sp³-hybridized carbons (Fsp3) is 0.444. The summed E-state index contributed by atoms with van der Waals surface area (Å²) in [6.45, 7) is 3.16. The lowest BCUT2D eigenvalue weighted by Crippen LogP contribution is -2.34. The van der Waals surface area contributed by atoms with Gasteiger partial charge < -0.3 is 5.32 Å². The summed E-state index contributed by atoms with van der Waals surface area (Å²) >= 11 is 0. The van der Waals surface area contributed by atoms with Gasteiger partial charge in [0.2, 0.25) is 0 Å². The first-order chi connectivity index (χ1) is 5.36. The second-order valence-electron chi connectivity index (χ2n) is 3.03. The number of nitrogens with zero attached hydrogens (tertiary/aromatic N) is 1. The summed E-state index contributed by atoms with van der Waals surface area (Å²) in [5, 5.41) is 3.34. The number of aromatic nitrogens is 1. The van der Waals surface area contributed by atoms with Crippen molar-refractivity contribution >= 4 is 0 Å². The van der Waals surface area contributed by atoms with Crippen LogP contribution in [0.2, 0.25) is 0 Å². The van der Waals surface area contributed by atoms with E-state index in [0.29, 0.717) is 6.04 Å². The molecule has 58 valence electrons. The molecule has 2 rings (SSSR count). The lowest BCUT2D eigenvalue weighted by atomic mass is 10.00. The van der Waals surface area contributed by atoms with E-state index in [4.69, 9.17) is 0 Å². The minimum absolute atomic E-state index is 0.572. The molecule has 2 heterocycles. The molecule has 2 nitrogen and oxygen atoms in total. The molecule has 0 radical (unpaired) electrons. The number of hydrogen-bond acceptors (Lipinski definition) is 2. The third-order valence-electron chi connectivity index (χ3n) is 2.16. The van der Waals surface area contributed by atoms with Crippen molar-refractivity contribution in [1.29, 1.82) is 0 Å². The molecule has 1 aromatic heterocycles. The highest BCUT2D eigenvalue weighted by molar-refractivity contribution is 5.18. The van der Waals surface area contributed by atoms with Gasteiger partial charge in [-0.2, -0.15) is 0 Å². The minimum Gasteiger partial charge on any atom is -0.310 e. The van der Waals surface area contributed by atoms with E-state index in [9.17, 15) is 0 Å². The van der Waals surface area contributed by atoms with Gasteiger partial charge in [-0.1, -0.05) is 6.07 Å². The van der Waals surface area contributed by atoms with Crippen LogP contribution in [-0.4, -0.2) is 11.5 Å². The average Bonchev–Trinajstić information content (AvgIpc) is 1.90. The number of aryl methyl sites for hydroxylation is 1. The van der Waals surface area contributed by atoms with Crippen LogP contribution in [0, 0.1) is 6.92 Å². The highest BCUT2D eigenvalue weighted by Crippen LogP contribution is 2.21. The fourth-order valence-corrected chi connectivity index (χ4v) is 1.26. The number of nitrogens with one attached hydrogen (secondary N) is 1. The van der Waals surface area contributed by atoms with Crippen molar-refractivity contribution in [3.8, 4) is 0 Å². The summed E-state index contributed by atoms with van der Waals surface area (Å²) in [7, 11) is 0. The molecule has 1 saturated heterocycles. The van der Waals surface area contributed by atoms with Crippen LogP contribution in [0.15, 0.2) is 18.3 Å². The maximum atomic E-state index is 4.24. The number of rotatable bonds is 1. The van der Waals surface area contributed by atoms with Gasteiger partial charge in [0, 0.05) is 17.9 Å². The zero-order chi connectivity index (χ0) is 7.68. The van der Waals surface area contributed by atoms with E-state index in [1.165, 1.54) is 12.0 Å². The minimum atomic E-state index is 0.572. The van der Waals surface area contributed by atoms with Crippen molar-refractivity contribution in [3.05, 3.63) is 29.6 Å². The second kappa shape index (κ2) is 2.62. The van der Waals surface area contributed by atoms with Crippen LogP contribution < -0.4 is 5.32 Å². The SMILES string of the molecule is Cc1ccc(C2CCN2)cn1. The molecule has 1 unspecified atom stereocenters. The van der Waals surface area contributed by atoms with E-state index in [2.05, 4.69) is 22.4 Å². The molecule has 0 saturated carbocycles. The molecular formula is C9H12N2. The van der Waals surface area contributed by atoms with Crippen LogP contribution in [0.5, 0.6) is 0 Å². The van der Waals surface area contributed by atoms with Gasteiger partial charge in [-0.15, -0.1) is 0 Å². The zero-order valence-electron chi connectivity index (χ0n) is 6.67. The molecule has 1 aliphatic rings. The Morgan fingerprint density at radius 1 is 1.55 bits per heavy atom. The van der Waals surface area contributed by atoms with E-state index in [0.717, 1.165) is 12.2 Å². The Bertz CT molecular complexity index is 236. The summed E-state index contributed by atoms with van der Waals surface area (Å²) < 4.78 is 0. The second-order valence-corrected chi connectivity index (χ2v) is 3.03. The van der Waals surface area contributed by atoms with Gasteiger partial charge >= 0.3 is 0 Å². The summed E-state index contributed by atoms with van der Waals surface area (Å²) in [4.78, 5) is 4.24. The summed E-state index contributed by atoms with van der Waals surface area (Å²) in [6, 6.07) is 4.79. The monoisotopic (exact) mass is 148 g/mol. The Balaban J connectivity index is 2.18. The van der Waals surface area contributed by atoms with Crippen LogP contribution in [-0.2, 0) is 0 Å². The summed E-state index contributed by atoms with van der Waals surface area (Å²) in [6.07, 6.45) is 3.22. The van der Waals surface area contributed by atoms with Crippen LogP contribution in [0.1, 0.15) is 23.7 Å². The van der Waals surface area contributed by atoms with Gasteiger partial charge in [0.25, 0.3) is 0 Å². The highest BCUT2D eigenvalue weighted by atomic mass is 15.0. The quantitative estimate of drug-likeness (QED) is 0.651. The van der Waals surface area contributed by atoms with Gasteiger partial charge in [-0.25, -0.2) is 0 Å². The summed E-state index contributed by atoms with van der Waals surface area (Å²) in [5.41, 5.74) is 2.41. The fourth-order valence-electron chi connectivity index (χ4n) is 1.26. The Morgan fingerprint density at radius 3 is 2.82 bits per heavy atom. The highest BCUT2D eigenvalue weighted by Gasteiger charge is 2.17. The molecule has 0 aromatic carbocycles. The molecule has 11 heavy (non-hydrogen) atoms. The van der Waals surface area contributed by atoms with E-state index < -0.39 is 0 Å². The van der Waals surface area contributed by atoms with E-state index in [1.807, 2.05) is 13.1 Å². The Labute approximate surface area is 66.7 Å². The molecule has 0 amide bonds. The standard InChI is InChI=1S/C9H12N2/c1-7-2-3-8(6-11-7)9-4-5-10-9/h2-3,6,9-10H,4-5H2,1H3. The first kappa shape index (κ1) is 6.80. The first-order valence-electron chi connectivity index (χ1n) is 4.02. The van der Waals surface area contributed by atoms with Crippen LogP contribution in [0.3, 0.4) is 0 Å². The van der Waals surface area contributed by atoms with Crippen molar-refractivity contribution in [2.45, 2.75) is 19.4 Å². The van der Waals surface area contributed by atoms with Gasteiger partial charge in [0.15, 0.2) is 0 Å². The van der Waals surface area contributed by atoms with Crippen molar-refractivity contribution < 1.29 is 0 Å². The normalized spacial score (nSPS) is 22.8. The van der Waals surface area contributed by atoms with Gasteiger partial charge in [0.05, 0.1) is 0 Å². The lowest BCUT2D eigenvalue weighted by Gasteiger charge is -2.27. The number of hydrogen-bond donors (Lipinski definition) is 1. The van der Waals surface area contributed by atoms with E-state index in [1.54, 1.807) is 0 Å². The smallest absolute Gasteiger partial charge is 0.0372 e. The van der Waals surface area contributed by atoms with E-state index in [-0.39, 0.29) is 0 Å². The Morgan fingerprint density at radius 2 is 2.36 bits per heavy atom. The number of pyridine rings is 1. The molecule has 1 N–H and O–H groups in total. The average molecular weight is 148 g/mol. The first-order valence-corrected chi connectivity index (χ1v) is 4.02. The van der Waals surface area contributed by atoms with Crippen molar-refractivity contribution in [2.24, 2.45) is 0 Å². The molecule has 1 aromatic rings. The molecule has 1 fully saturated rings. The topological polar surface area (TPSA) is 24.9 Å². The van der Waals surface area contributed by atoms with Crippen LogP contribution in [0.4, 0.5) is 0 Å². The molecule has 0 spiro atoms. The Hall–Kier alpha value is -0.890. The van der Waals surface area contributed by atoms with Crippen LogP contribution in [0.25, 0.3) is 0 Å². The predicted molar refractivity (Wildman–Crippen MR) is 44.3 cm³/mol. The largest absolute Gasteiger partial charge is 0.310 e. The molecule has 1 aliphatic heterocycles.